The highest BCUT2D eigenvalue weighted by Gasteiger charge is 2.24. The average molecular weight is 279 g/mol. The van der Waals surface area contributed by atoms with E-state index in [1.54, 1.807) is 0 Å². The first kappa shape index (κ1) is 14.5. The highest BCUT2D eigenvalue weighted by Crippen LogP contribution is 2.35. The number of rotatable bonds is 3. The van der Waals surface area contributed by atoms with Crippen LogP contribution >= 0.6 is 0 Å². The van der Waals surface area contributed by atoms with E-state index in [1.807, 2.05) is 45.9 Å². The minimum Gasteiger partial charge on any atom is -0.451 e. The van der Waals surface area contributed by atoms with Crippen LogP contribution in [0, 0.1) is 6.92 Å². The van der Waals surface area contributed by atoms with Crippen LogP contribution in [0.4, 0.5) is 4.79 Å². The Morgan fingerprint density at radius 3 is 2.70 bits per heavy atom. The van der Waals surface area contributed by atoms with E-state index < -0.39 is 11.7 Å². The summed E-state index contributed by atoms with van der Waals surface area (Å²) >= 11 is 0. The first-order valence-electron chi connectivity index (χ1n) is 6.74. The van der Waals surface area contributed by atoms with Crippen LogP contribution in [0.1, 0.15) is 32.8 Å². The molecule has 110 valence electrons. The van der Waals surface area contributed by atoms with Crippen LogP contribution in [0.5, 0.6) is 11.5 Å². The molecule has 20 heavy (non-hydrogen) atoms. The SMILES string of the molecule is Cc1ccc2c(c1)OC(CCNC(=O)OC(C)(C)C)O2. The lowest BCUT2D eigenvalue weighted by molar-refractivity contribution is 0.0361. The molecule has 1 atom stereocenters. The van der Waals surface area contributed by atoms with E-state index in [2.05, 4.69) is 5.32 Å². The Balaban J connectivity index is 1.74. The van der Waals surface area contributed by atoms with Gasteiger partial charge in [0.25, 0.3) is 0 Å². The Morgan fingerprint density at radius 2 is 2.00 bits per heavy atom. The standard InChI is InChI=1S/C15H21NO4/c1-10-5-6-11-12(9-10)19-13(18-11)7-8-16-14(17)20-15(2,3)4/h5-6,9,13H,7-8H2,1-4H3,(H,16,17). The zero-order valence-corrected chi connectivity index (χ0v) is 12.4. The Kier molecular flexibility index (Phi) is 4.06. The van der Waals surface area contributed by atoms with Crippen molar-refractivity contribution in [2.45, 2.75) is 46.0 Å². The van der Waals surface area contributed by atoms with Gasteiger partial charge in [-0.3, -0.25) is 0 Å². The van der Waals surface area contributed by atoms with Crippen molar-refractivity contribution in [2.75, 3.05) is 6.54 Å². The minimum absolute atomic E-state index is 0.360. The van der Waals surface area contributed by atoms with E-state index in [-0.39, 0.29) is 6.29 Å². The molecule has 0 saturated heterocycles. The Hall–Kier alpha value is -1.91. The van der Waals surface area contributed by atoms with Crippen molar-refractivity contribution in [3.8, 4) is 11.5 Å². The third-order valence-corrected chi connectivity index (χ3v) is 2.66. The summed E-state index contributed by atoms with van der Waals surface area (Å²) in [6, 6.07) is 5.81. The van der Waals surface area contributed by atoms with E-state index in [4.69, 9.17) is 14.2 Å². The quantitative estimate of drug-likeness (QED) is 0.924. The summed E-state index contributed by atoms with van der Waals surface area (Å²) in [4.78, 5) is 11.5. The van der Waals surface area contributed by atoms with Crippen LogP contribution < -0.4 is 14.8 Å². The number of hydrogen-bond donors (Lipinski definition) is 1. The highest BCUT2D eigenvalue weighted by atomic mass is 16.7. The maximum atomic E-state index is 11.5. The van der Waals surface area contributed by atoms with Crippen LogP contribution in [-0.4, -0.2) is 24.5 Å². The summed E-state index contributed by atoms with van der Waals surface area (Å²) in [6.07, 6.45) is -0.224. The van der Waals surface area contributed by atoms with Crippen molar-refractivity contribution in [1.82, 2.24) is 5.32 Å². The van der Waals surface area contributed by atoms with Gasteiger partial charge >= 0.3 is 6.09 Å². The maximum Gasteiger partial charge on any atom is 0.407 e. The molecule has 1 N–H and O–H groups in total. The molecule has 0 radical (unpaired) electrons. The summed E-state index contributed by atoms with van der Waals surface area (Å²) < 4.78 is 16.4. The van der Waals surface area contributed by atoms with Gasteiger partial charge in [-0.2, -0.15) is 0 Å². The second kappa shape index (κ2) is 5.61. The van der Waals surface area contributed by atoms with Crippen LogP contribution in [0.2, 0.25) is 0 Å². The number of aryl methyl sites for hydroxylation is 1. The fraction of sp³-hybridized carbons (Fsp3) is 0.533. The van der Waals surface area contributed by atoms with Crippen molar-refractivity contribution in [3.63, 3.8) is 0 Å². The number of alkyl carbamates (subject to hydrolysis) is 1. The number of nitrogens with one attached hydrogen (secondary N) is 1. The Labute approximate surface area is 119 Å². The lowest BCUT2D eigenvalue weighted by atomic mass is 10.2. The molecule has 1 unspecified atom stereocenters. The summed E-state index contributed by atoms with van der Waals surface area (Å²) in [7, 11) is 0. The summed E-state index contributed by atoms with van der Waals surface area (Å²) in [5.74, 6) is 1.50. The van der Waals surface area contributed by atoms with Crippen molar-refractivity contribution < 1.29 is 19.0 Å². The largest absolute Gasteiger partial charge is 0.451 e. The number of ether oxygens (including phenoxy) is 3. The highest BCUT2D eigenvalue weighted by molar-refractivity contribution is 5.67. The lowest BCUT2D eigenvalue weighted by Crippen LogP contribution is -2.35. The smallest absolute Gasteiger partial charge is 0.407 e. The second-order valence-corrected chi connectivity index (χ2v) is 5.83. The molecule has 0 spiro atoms. The topological polar surface area (TPSA) is 56.8 Å². The number of carbonyl (C=O) groups excluding carboxylic acids is 1. The number of fused-ring (bicyclic) bond motifs is 1. The predicted molar refractivity (Wildman–Crippen MR) is 75.1 cm³/mol. The second-order valence-electron chi connectivity index (χ2n) is 5.83. The van der Waals surface area contributed by atoms with Crippen molar-refractivity contribution >= 4 is 6.09 Å². The van der Waals surface area contributed by atoms with Crippen LogP contribution in [-0.2, 0) is 4.74 Å². The number of amides is 1. The molecule has 1 heterocycles. The predicted octanol–water partition coefficient (Wildman–Crippen LogP) is 3.01. The van der Waals surface area contributed by atoms with Crippen LogP contribution in [0.3, 0.4) is 0 Å². The molecular formula is C15H21NO4. The van der Waals surface area contributed by atoms with Crippen LogP contribution in [0.15, 0.2) is 18.2 Å². The fourth-order valence-corrected chi connectivity index (χ4v) is 1.84. The van der Waals surface area contributed by atoms with Crippen molar-refractivity contribution in [1.29, 1.82) is 0 Å². The van der Waals surface area contributed by atoms with E-state index in [9.17, 15) is 4.79 Å². The van der Waals surface area contributed by atoms with E-state index in [0.29, 0.717) is 13.0 Å². The molecule has 1 aliphatic rings. The molecule has 5 nitrogen and oxygen atoms in total. The first-order valence-corrected chi connectivity index (χ1v) is 6.74. The van der Waals surface area contributed by atoms with Crippen molar-refractivity contribution in [3.05, 3.63) is 23.8 Å². The van der Waals surface area contributed by atoms with E-state index in [0.717, 1.165) is 17.1 Å². The van der Waals surface area contributed by atoms with Gasteiger partial charge in [-0.1, -0.05) is 6.07 Å². The van der Waals surface area contributed by atoms with Gasteiger partial charge < -0.3 is 19.5 Å². The summed E-state index contributed by atoms with van der Waals surface area (Å²) in [5.41, 5.74) is 0.637. The van der Waals surface area contributed by atoms with Gasteiger partial charge in [-0.25, -0.2) is 4.79 Å². The molecule has 0 aromatic heterocycles. The van der Waals surface area contributed by atoms with Gasteiger partial charge in [-0.05, 0) is 45.4 Å². The lowest BCUT2D eigenvalue weighted by Gasteiger charge is -2.20. The van der Waals surface area contributed by atoms with Gasteiger partial charge in [0.2, 0.25) is 6.29 Å². The molecule has 5 heteroatoms. The molecule has 1 amide bonds. The van der Waals surface area contributed by atoms with Crippen molar-refractivity contribution in [2.24, 2.45) is 0 Å². The average Bonchev–Trinajstić information content (AvgIpc) is 2.68. The molecular weight excluding hydrogens is 258 g/mol. The number of hydrogen-bond acceptors (Lipinski definition) is 4. The molecule has 0 aliphatic carbocycles. The molecule has 2 rings (SSSR count). The first-order chi connectivity index (χ1) is 9.33. The van der Waals surface area contributed by atoms with E-state index in [1.165, 1.54) is 0 Å². The minimum atomic E-state index is -0.488. The van der Waals surface area contributed by atoms with Crippen LogP contribution in [0.25, 0.3) is 0 Å². The molecule has 1 aliphatic heterocycles. The molecule has 1 aromatic carbocycles. The Morgan fingerprint density at radius 1 is 1.30 bits per heavy atom. The molecule has 0 saturated carbocycles. The molecule has 0 fully saturated rings. The van der Waals surface area contributed by atoms with E-state index >= 15 is 0 Å². The maximum absolute atomic E-state index is 11.5. The van der Waals surface area contributed by atoms with Gasteiger partial charge in [-0.15, -0.1) is 0 Å². The zero-order valence-electron chi connectivity index (χ0n) is 12.4. The normalized spacial score (nSPS) is 16.9. The summed E-state index contributed by atoms with van der Waals surface area (Å²) in [6.45, 7) is 7.92. The summed E-state index contributed by atoms with van der Waals surface area (Å²) in [5, 5.41) is 2.68. The van der Waals surface area contributed by atoms with Gasteiger partial charge in [0.1, 0.15) is 5.60 Å². The Bertz CT molecular complexity index is 493. The fourth-order valence-electron chi connectivity index (χ4n) is 1.84. The monoisotopic (exact) mass is 279 g/mol. The number of carbonyl (C=O) groups is 1. The van der Waals surface area contributed by atoms with Gasteiger partial charge in [0.05, 0.1) is 0 Å². The van der Waals surface area contributed by atoms with Gasteiger partial charge in [0, 0.05) is 13.0 Å². The third-order valence-electron chi connectivity index (χ3n) is 2.66. The molecule has 1 aromatic rings. The zero-order chi connectivity index (χ0) is 14.8. The third kappa shape index (κ3) is 4.05. The molecule has 0 bridgehead atoms. The number of benzene rings is 1. The van der Waals surface area contributed by atoms with Gasteiger partial charge in [0.15, 0.2) is 11.5 Å².